The summed E-state index contributed by atoms with van der Waals surface area (Å²) in [5, 5.41) is 0. The van der Waals surface area contributed by atoms with Crippen LogP contribution in [0.5, 0.6) is 5.75 Å². The minimum Gasteiger partial charge on any atom is -0.382 e. The molecule has 0 unspecified atom stereocenters. The SMILES string of the molecule is C=CCc1c(C(=O)c2ccccc2)ccc(OS(C)(=O)=O)c1C. The van der Waals surface area contributed by atoms with Crippen molar-refractivity contribution in [1.82, 2.24) is 0 Å². The summed E-state index contributed by atoms with van der Waals surface area (Å²) in [5.41, 5.74) is 2.44. The van der Waals surface area contributed by atoms with E-state index in [4.69, 9.17) is 4.18 Å². The van der Waals surface area contributed by atoms with Gasteiger partial charge in [-0.1, -0.05) is 36.4 Å². The molecule has 0 bridgehead atoms. The number of benzene rings is 2. The fraction of sp³-hybridized carbons (Fsp3) is 0.167. The van der Waals surface area contributed by atoms with E-state index in [0.29, 0.717) is 23.1 Å². The molecule has 2 aromatic carbocycles. The molecule has 2 rings (SSSR count). The van der Waals surface area contributed by atoms with E-state index in [0.717, 1.165) is 11.8 Å². The third kappa shape index (κ3) is 4.07. The van der Waals surface area contributed by atoms with E-state index in [1.165, 1.54) is 6.07 Å². The monoisotopic (exact) mass is 330 g/mol. The highest BCUT2D eigenvalue weighted by molar-refractivity contribution is 7.86. The number of ketones is 1. The van der Waals surface area contributed by atoms with Crippen LogP contribution in [0.1, 0.15) is 27.0 Å². The van der Waals surface area contributed by atoms with Crippen molar-refractivity contribution in [1.29, 1.82) is 0 Å². The lowest BCUT2D eigenvalue weighted by Gasteiger charge is -2.14. The van der Waals surface area contributed by atoms with Gasteiger partial charge in [0.2, 0.25) is 0 Å². The van der Waals surface area contributed by atoms with Crippen LogP contribution in [0.25, 0.3) is 0 Å². The van der Waals surface area contributed by atoms with Gasteiger partial charge in [-0.05, 0) is 36.6 Å². The van der Waals surface area contributed by atoms with Crippen molar-refractivity contribution in [3.8, 4) is 5.75 Å². The summed E-state index contributed by atoms with van der Waals surface area (Å²) in [5.74, 6) is 0.116. The molecule has 120 valence electrons. The van der Waals surface area contributed by atoms with Gasteiger partial charge in [-0.25, -0.2) is 0 Å². The quantitative estimate of drug-likeness (QED) is 0.463. The van der Waals surface area contributed by atoms with Gasteiger partial charge in [0, 0.05) is 11.1 Å². The lowest BCUT2D eigenvalue weighted by Crippen LogP contribution is -2.11. The Morgan fingerprint density at radius 2 is 1.83 bits per heavy atom. The molecule has 2 aromatic rings. The summed E-state index contributed by atoms with van der Waals surface area (Å²) in [6, 6.07) is 12.0. The number of carbonyl (C=O) groups excluding carboxylic acids is 1. The van der Waals surface area contributed by atoms with E-state index in [1.54, 1.807) is 43.3 Å². The van der Waals surface area contributed by atoms with Crippen molar-refractivity contribution in [2.24, 2.45) is 0 Å². The summed E-state index contributed by atoms with van der Waals surface area (Å²) in [4.78, 5) is 12.7. The number of hydrogen-bond acceptors (Lipinski definition) is 4. The van der Waals surface area contributed by atoms with Crippen molar-refractivity contribution in [2.45, 2.75) is 13.3 Å². The van der Waals surface area contributed by atoms with Crippen molar-refractivity contribution < 1.29 is 17.4 Å². The van der Waals surface area contributed by atoms with Gasteiger partial charge < -0.3 is 4.18 Å². The Kier molecular flexibility index (Phi) is 5.01. The molecular formula is C18H18O4S. The maximum atomic E-state index is 12.7. The van der Waals surface area contributed by atoms with Gasteiger partial charge in [0.15, 0.2) is 5.78 Å². The van der Waals surface area contributed by atoms with Gasteiger partial charge in [-0.15, -0.1) is 6.58 Å². The normalized spacial score (nSPS) is 11.0. The first-order chi connectivity index (χ1) is 10.8. The third-order valence-corrected chi connectivity index (χ3v) is 3.90. The molecule has 0 spiro atoms. The number of allylic oxidation sites excluding steroid dienone is 1. The molecule has 0 atom stereocenters. The molecule has 0 aromatic heterocycles. The average molecular weight is 330 g/mol. The summed E-state index contributed by atoms with van der Waals surface area (Å²) in [6.07, 6.45) is 3.11. The van der Waals surface area contributed by atoms with Gasteiger partial charge in [0.1, 0.15) is 5.75 Å². The minimum absolute atomic E-state index is 0.114. The van der Waals surface area contributed by atoms with E-state index in [-0.39, 0.29) is 11.5 Å². The smallest absolute Gasteiger partial charge is 0.306 e. The van der Waals surface area contributed by atoms with Crippen molar-refractivity contribution in [3.05, 3.63) is 77.4 Å². The highest BCUT2D eigenvalue weighted by Crippen LogP contribution is 2.28. The molecule has 0 fully saturated rings. The Hall–Kier alpha value is -2.40. The first kappa shape index (κ1) is 17.0. The third-order valence-electron chi connectivity index (χ3n) is 3.42. The van der Waals surface area contributed by atoms with Crippen molar-refractivity contribution >= 4 is 15.9 Å². The van der Waals surface area contributed by atoms with Crippen molar-refractivity contribution in [3.63, 3.8) is 0 Å². The fourth-order valence-corrected chi connectivity index (χ4v) is 2.86. The summed E-state index contributed by atoms with van der Waals surface area (Å²) >= 11 is 0. The molecule has 0 saturated heterocycles. The molecule has 4 nitrogen and oxygen atoms in total. The average Bonchev–Trinajstić information content (AvgIpc) is 2.50. The van der Waals surface area contributed by atoms with Gasteiger partial charge in [0.05, 0.1) is 6.26 Å². The van der Waals surface area contributed by atoms with Gasteiger partial charge >= 0.3 is 10.1 Å². The zero-order chi connectivity index (χ0) is 17.0. The lowest BCUT2D eigenvalue weighted by atomic mass is 9.93. The van der Waals surface area contributed by atoms with Gasteiger partial charge in [0.25, 0.3) is 0 Å². The summed E-state index contributed by atoms with van der Waals surface area (Å²) in [7, 11) is -3.63. The highest BCUT2D eigenvalue weighted by Gasteiger charge is 2.18. The lowest BCUT2D eigenvalue weighted by molar-refractivity contribution is 0.103. The second-order valence-electron chi connectivity index (χ2n) is 5.19. The summed E-state index contributed by atoms with van der Waals surface area (Å²) in [6.45, 7) is 5.44. The zero-order valence-corrected chi connectivity index (χ0v) is 13.9. The molecule has 23 heavy (non-hydrogen) atoms. The van der Waals surface area contributed by atoms with Gasteiger partial charge in [-0.3, -0.25) is 4.79 Å². The molecule has 5 heteroatoms. The maximum absolute atomic E-state index is 12.7. The Morgan fingerprint density at radius 3 is 2.39 bits per heavy atom. The van der Waals surface area contributed by atoms with E-state index in [1.807, 2.05) is 6.07 Å². The first-order valence-corrected chi connectivity index (χ1v) is 8.87. The van der Waals surface area contributed by atoms with Crippen LogP contribution in [0.4, 0.5) is 0 Å². The molecule has 0 amide bonds. The van der Waals surface area contributed by atoms with Crippen LogP contribution in [0.15, 0.2) is 55.1 Å². The van der Waals surface area contributed by atoms with Crippen molar-refractivity contribution in [2.75, 3.05) is 6.26 Å². The van der Waals surface area contributed by atoms with E-state index in [9.17, 15) is 13.2 Å². The topological polar surface area (TPSA) is 60.4 Å². The van der Waals surface area contributed by atoms with Crippen LogP contribution >= 0.6 is 0 Å². The van der Waals surface area contributed by atoms with Crippen LogP contribution in [-0.2, 0) is 16.5 Å². The van der Waals surface area contributed by atoms with E-state index in [2.05, 4.69) is 6.58 Å². The van der Waals surface area contributed by atoms with E-state index < -0.39 is 10.1 Å². The van der Waals surface area contributed by atoms with Gasteiger partial charge in [-0.2, -0.15) is 8.42 Å². The first-order valence-electron chi connectivity index (χ1n) is 7.06. The maximum Gasteiger partial charge on any atom is 0.306 e. The fourth-order valence-electron chi connectivity index (χ4n) is 2.35. The number of hydrogen-bond donors (Lipinski definition) is 0. The second kappa shape index (κ2) is 6.79. The van der Waals surface area contributed by atoms with Crippen LogP contribution in [0.3, 0.4) is 0 Å². The largest absolute Gasteiger partial charge is 0.382 e. The Morgan fingerprint density at radius 1 is 1.17 bits per heavy atom. The Balaban J connectivity index is 2.54. The minimum atomic E-state index is -3.63. The molecule has 0 aliphatic carbocycles. The molecule has 0 N–H and O–H groups in total. The second-order valence-corrected chi connectivity index (χ2v) is 6.77. The molecule has 0 saturated carbocycles. The number of carbonyl (C=O) groups is 1. The van der Waals surface area contributed by atoms with Crippen LogP contribution in [0.2, 0.25) is 0 Å². The standard InChI is InChI=1S/C18H18O4S/c1-4-8-15-13(2)17(22-23(3,20)21)12-11-16(15)18(19)14-9-6-5-7-10-14/h4-7,9-12H,1,8H2,2-3H3. The Bertz CT molecular complexity index is 837. The van der Waals surface area contributed by atoms with Crippen LogP contribution < -0.4 is 4.18 Å². The number of rotatable bonds is 6. The molecule has 0 aliphatic rings. The Labute approximate surface area is 136 Å². The van der Waals surface area contributed by atoms with E-state index >= 15 is 0 Å². The van der Waals surface area contributed by atoms with Crippen LogP contribution in [-0.4, -0.2) is 20.5 Å². The molecular weight excluding hydrogens is 312 g/mol. The molecule has 0 aliphatic heterocycles. The van der Waals surface area contributed by atoms with Crippen LogP contribution in [0, 0.1) is 6.92 Å². The molecule has 0 radical (unpaired) electrons. The molecule has 0 heterocycles. The predicted octanol–water partition coefficient (Wildman–Crippen LogP) is 3.29. The summed E-state index contributed by atoms with van der Waals surface area (Å²) < 4.78 is 27.7. The predicted molar refractivity (Wildman–Crippen MR) is 90.4 cm³/mol. The highest BCUT2D eigenvalue weighted by atomic mass is 32.2. The zero-order valence-electron chi connectivity index (χ0n) is 13.1.